The summed E-state index contributed by atoms with van der Waals surface area (Å²) in [6.07, 6.45) is 3.42. The van der Waals surface area contributed by atoms with Crippen LogP contribution in [0.1, 0.15) is 40.0 Å². The SMILES string of the molecule is CC(C)(C)[Si](C)(C)OCC(O)C1CCC1. The van der Waals surface area contributed by atoms with Crippen molar-refractivity contribution >= 4 is 8.32 Å². The van der Waals surface area contributed by atoms with E-state index in [2.05, 4.69) is 33.9 Å². The van der Waals surface area contributed by atoms with Crippen LogP contribution in [-0.2, 0) is 4.43 Å². The topological polar surface area (TPSA) is 29.5 Å². The lowest BCUT2D eigenvalue weighted by molar-refractivity contribution is 0.0199. The molecule has 0 aliphatic heterocycles. The van der Waals surface area contributed by atoms with Gasteiger partial charge in [-0.05, 0) is 36.9 Å². The minimum atomic E-state index is -1.66. The lowest BCUT2D eigenvalue weighted by atomic mass is 9.81. The Morgan fingerprint density at radius 2 is 1.87 bits per heavy atom. The molecule has 0 spiro atoms. The summed E-state index contributed by atoms with van der Waals surface area (Å²) in [6.45, 7) is 11.7. The Kier molecular flexibility index (Phi) is 4.01. The predicted octanol–water partition coefficient (Wildman–Crippen LogP) is 3.17. The molecule has 1 fully saturated rings. The fourth-order valence-corrected chi connectivity index (χ4v) is 2.49. The summed E-state index contributed by atoms with van der Waals surface area (Å²) in [5.41, 5.74) is 0. The summed E-state index contributed by atoms with van der Waals surface area (Å²) in [7, 11) is -1.66. The van der Waals surface area contributed by atoms with Crippen LogP contribution in [0.25, 0.3) is 0 Å². The zero-order valence-electron chi connectivity index (χ0n) is 10.8. The molecule has 1 N–H and O–H groups in total. The molecule has 0 saturated heterocycles. The normalized spacial score (nSPS) is 21.2. The molecule has 0 aromatic carbocycles. The number of hydrogen-bond donors (Lipinski definition) is 1. The van der Waals surface area contributed by atoms with Gasteiger partial charge in [0, 0.05) is 0 Å². The minimum absolute atomic E-state index is 0.229. The van der Waals surface area contributed by atoms with Gasteiger partial charge in [-0.3, -0.25) is 0 Å². The van der Waals surface area contributed by atoms with Gasteiger partial charge in [-0.25, -0.2) is 0 Å². The molecule has 1 rings (SSSR count). The highest BCUT2D eigenvalue weighted by Crippen LogP contribution is 2.37. The molecule has 0 aromatic heterocycles. The lowest BCUT2D eigenvalue weighted by Gasteiger charge is -2.38. The second-order valence-corrected chi connectivity index (χ2v) is 11.1. The van der Waals surface area contributed by atoms with E-state index < -0.39 is 8.32 Å². The molecule has 2 nitrogen and oxygen atoms in total. The molecule has 1 unspecified atom stereocenters. The molecule has 0 heterocycles. The highest BCUT2D eigenvalue weighted by molar-refractivity contribution is 6.74. The fraction of sp³-hybridized carbons (Fsp3) is 1.00. The molecule has 90 valence electrons. The maximum absolute atomic E-state index is 9.90. The zero-order chi connectivity index (χ0) is 11.7. The Morgan fingerprint density at radius 1 is 1.33 bits per heavy atom. The van der Waals surface area contributed by atoms with E-state index >= 15 is 0 Å². The largest absolute Gasteiger partial charge is 0.414 e. The summed E-state index contributed by atoms with van der Waals surface area (Å²) in [4.78, 5) is 0. The number of aliphatic hydroxyl groups excluding tert-OH is 1. The molecule has 1 saturated carbocycles. The molecule has 15 heavy (non-hydrogen) atoms. The van der Waals surface area contributed by atoms with Gasteiger partial charge in [-0.15, -0.1) is 0 Å². The van der Waals surface area contributed by atoms with Crippen molar-refractivity contribution in [1.29, 1.82) is 0 Å². The van der Waals surface area contributed by atoms with Gasteiger partial charge in [-0.2, -0.15) is 0 Å². The first kappa shape index (κ1) is 13.2. The number of rotatable bonds is 4. The van der Waals surface area contributed by atoms with Gasteiger partial charge in [0.2, 0.25) is 0 Å². The zero-order valence-corrected chi connectivity index (χ0v) is 11.8. The Labute approximate surface area is 95.2 Å². The summed E-state index contributed by atoms with van der Waals surface area (Å²) >= 11 is 0. The lowest BCUT2D eigenvalue weighted by Crippen LogP contribution is -2.44. The van der Waals surface area contributed by atoms with Crippen LogP contribution < -0.4 is 0 Å². The first-order chi connectivity index (χ1) is 6.74. The van der Waals surface area contributed by atoms with Crippen molar-refractivity contribution < 1.29 is 9.53 Å². The quantitative estimate of drug-likeness (QED) is 0.752. The van der Waals surface area contributed by atoms with Gasteiger partial charge < -0.3 is 9.53 Å². The molecule has 0 radical (unpaired) electrons. The molecule has 0 aromatic rings. The Morgan fingerprint density at radius 3 is 2.20 bits per heavy atom. The van der Waals surface area contributed by atoms with Crippen LogP contribution in [0.15, 0.2) is 0 Å². The second-order valence-electron chi connectivity index (χ2n) is 6.33. The van der Waals surface area contributed by atoms with Crippen LogP contribution in [0.4, 0.5) is 0 Å². The third kappa shape index (κ3) is 3.30. The molecule has 0 amide bonds. The summed E-state index contributed by atoms with van der Waals surface area (Å²) in [5, 5.41) is 10.1. The Hall–Kier alpha value is 0.137. The van der Waals surface area contributed by atoms with Crippen LogP contribution in [-0.4, -0.2) is 26.1 Å². The third-order valence-corrected chi connectivity index (χ3v) is 8.62. The van der Waals surface area contributed by atoms with Gasteiger partial charge in [0.1, 0.15) is 0 Å². The van der Waals surface area contributed by atoms with Crippen LogP contribution in [0.5, 0.6) is 0 Å². The van der Waals surface area contributed by atoms with Crippen molar-refractivity contribution in [3.05, 3.63) is 0 Å². The average Bonchev–Trinajstić information content (AvgIpc) is 1.95. The maximum Gasteiger partial charge on any atom is 0.192 e. The molecular weight excluding hydrogens is 204 g/mol. The van der Waals surface area contributed by atoms with Crippen molar-refractivity contribution in [3.63, 3.8) is 0 Å². The van der Waals surface area contributed by atoms with Crippen LogP contribution in [0.2, 0.25) is 18.1 Å². The number of aliphatic hydroxyl groups is 1. The molecule has 1 aliphatic rings. The molecule has 1 atom stereocenters. The Bertz CT molecular complexity index is 204. The van der Waals surface area contributed by atoms with Crippen molar-refractivity contribution in [3.8, 4) is 0 Å². The summed E-state index contributed by atoms with van der Waals surface area (Å²) in [5.74, 6) is 0.509. The van der Waals surface area contributed by atoms with Gasteiger partial charge >= 0.3 is 0 Å². The maximum atomic E-state index is 9.90. The second kappa shape index (κ2) is 4.56. The van der Waals surface area contributed by atoms with Crippen LogP contribution in [0, 0.1) is 5.92 Å². The van der Waals surface area contributed by atoms with E-state index in [1.807, 2.05) is 0 Å². The van der Waals surface area contributed by atoms with E-state index in [0.29, 0.717) is 12.5 Å². The minimum Gasteiger partial charge on any atom is -0.414 e. The highest BCUT2D eigenvalue weighted by atomic mass is 28.4. The van der Waals surface area contributed by atoms with E-state index in [9.17, 15) is 5.11 Å². The summed E-state index contributed by atoms with van der Waals surface area (Å²) in [6, 6.07) is 0. The van der Waals surface area contributed by atoms with E-state index in [1.54, 1.807) is 0 Å². The molecule has 1 aliphatic carbocycles. The van der Waals surface area contributed by atoms with Crippen molar-refractivity contribution in [2.45, 2.75) is 64.3 Å². The number of hydrogen-bond acceptors (Lipinski definition) is 2. The molecular formula is C12H26O2Si. The van der Waals surface area contributed by atoms with Gasteiger partial charge in [0.25, 0.3) is 0 Å². The molecule has 3 heteroatoms. The van der Waals surface area contributed by atoms with E-state index in [0.717, 1.165) is 0 Å². The van der Waals surface area contributed by atoms with Gasteiger partial charge in [0.05, 0.1) is 12.7 Å². The van der Waals surface area contributed by atoms with E-state index in [4.69, 9.17) is 4.43 Å². The van der Waals surface area contributed by atoms with Crippen molar-refractivity contribution in [1.82, 2.24) is 0 Å². The van der Waals surface area contributed by atoms with Crippen LogP contribution in [0.3, 0.4) is 0 Å². The monoisotopic (exact) mass is 230 g/mol. The van der Waals surface area contributed by atoms with Crippen LogP contribution >= 0.6 is 0 Å². The predicted molar refractivity (Wildman–Crippen MR) is 66.5 cm³/mol. The first-order valence-electron chi connectivity index (χ1n) is 6.06. The highest BCUT2D eigenvalue weighted by Gasteiger charge is 2.38. The average molecular weight is 230 g/mol. The summed E-state index contributed by atoms with van der Waals surface area (Å²) < 4.78 is 6.00. The van der Waals surface area contributed by atoms with Gasteiger partial charge in [0.15, 0.2) is 8.32 Å². The smallest absolute Gasteiger partial charge is 0.192 e. The standard InChI is InChI=1S/C12H26O2Si/c1-12(2,3)15(4,5)14-9-11(13)10-7-6-8-10/h10-11,13H,6-9H2,1-5H3. The first-order valence-corrected chi connectivity index (χ1v) is 8.97. The van der Waals surface area contributed by atoms with E-state index in [1.165, 1.54) is 19.3 Å². The van der Waals surface area contributed by atoms with Crippen molar-refractivity contribution in [2.24, 2.45) is 5.92 Å². The van der Waals surface area contributed by atoms with Crippen molar-refractivity contribution in [2.75, 3.05) is 6.61 Å². The van der Waals surface area contributed by atoms with E-state index in [-0.39, 0.29) is 11.1 Å². The Balaban J connectivity index is 2.34. The fourth-order valence-electron chi connectivity index (χ4n) is 1.47. The molecule has 0 bridgehead atoms. The third-order valence-electron chi connectivity index (χ3n) is 4.12. The van der Waals surface area contributed by atoms with Gasteiger partial charge in [-0.1, -0.05) is 27.2 Å².